The predicted molar refractivity (Wildman–Crippen MR) is 79.3 cm³/mol. The zero-order valence-electron chi connectivity index (χ0n) is 11.5. The van der Waals surface area contributed by atoms with E-state index in [-0.39, 0.29) is 24.1 Å². The number of hydrogen-bond acceptors (Lipinski definition) is 3. The van der Waals surface area contributed by atoms with E-state index in [1.54, 1.807) is 6.92 Å². The maximum absolute atomic E-state index is 11.1. The largest absolute Gasteiger partial charge is 0.489 e. The van der Waals surface area contributed by atoms with Crippen LogP contribution in [-0.4, -0.2) is 25.0 Å². The average Bonchev–Trinajstić information content (AvgIpc) is 2.82. The Morgan fingerprint density at radius 2 is 2.11 bits per heavy atom. The van der Waals surface area contributed by atoms with Gasteiger partial charge >= 0.3 is 0 Å². The number of rotatable bonds is 5. The molecule has 0 spiro atoms. The molecule has 1 aliphatic rings. The monoisotopic (exact) mass is 283 g/mol. The molecule has 1 saturated heterocycles. The first-order valence-electron chi connectivity index (χ1n) is 6.62. The summed E-state index contributed by atoms with van der Waals surface area (Å²) in [5.41, 5.74) is 1.20. The lowest BCUT2D eigenvalue weighted by atomic mass is 9.96. The fourth-order valence-corrected chi connectivity index (χ4v) is 2.35. The Kier molecular flexibility index (Phi) is 6.32. The lowest BCUT2D eigenvalue weighted by Crippen LogP contribution is -2.19. The van der Waals surface area contributed by atoms with Crippen molar-refractivity contribution in [1.29, 1.82) is 0 Å². The summed E-state index contributed by atoms with van der Waals surface area (Å²) < 4.78 is 5.86. The quantitative estimate of drug-likeness (QED) is 0.903. The van der Waals surface area contributed by atoms with Crippen LogP contribution in [0.5, 0.6) is 5.75 Å². The van der Waals surface area contributed by atoms with Crippen LogP contribution in [0.2, 0.25) is 0 Å². The van der Waals surface area contributed by atoms with E-state index >= 15 is 0 Å². The van der Waals surface area contributed by atoms with E-state index in [1.807, 2.05) is 12.1 Å². The number of ketones is 1. The van der Waals surface area contributed by atoms with Crippen LogP contribution in [-0.2, 0) is 4.79 Å². The van der Waals surface area contributed by atoms with Gasteiger partial charge in [0.25, 0.3) is 0 Å². The molecule has 2 unspecified atom stereocenters. The number of halogens is 1. The minimum Gasteiger partial charge on any atom is -0.489 e. The van der Waals surface area contributed by atoms with Crippen molar-refractivity contribution >= 4 is 18.2 Å². The minimum absolute atomic E-state index is 0. The number of ether oxygens (including phenoxy) is 1. The highest BCUT2D eigenvalue weighted by molar-refractivity contribution is 5.85. The van der Waals surface area contributed by atoms with Crippen LogP contribution in [0.15, 0.2) is 24.3 Å². The number of benzene rings is 1. The Morgan fingerprint density at radius 1 is 1.42 bits per heavy atom. The van der Waals surface area contributed by atoms with Crippen molar-refractivity contribution in [2.75, 3.05) is 13.1 Å². The standard InChI is InChI=1S/C15H21NO2.ClH/c1-11(9-12(2)17)13-3-5-14(6-4-13)18-15-7-8-16-10-15;/h3-6,11,15-16H,7-10H2,1-2H3;1H. The third-order valence-corrected chi connectivity index (χ3v) is 3.36. The van der Waals surface area contributed by atoms with E-state index in [1.165, 1.54) is 5.56 Å². The maximum atomic E-state index is 11.1. The van der Waals surface area contributed by atoms with Gasteiger partial charge in [0.05, 0.1) is 0 Å². The summed E-state index contributed by atoms with van der Waals surface area (Å²) in [6.07, 6.45) is 1.97. The fraction of sp³-hybridized carbons (Fsp3) is 0.533. The average molecular weight is 284 g/mol. The van der Waals surface area contributed by atoms with Crippen LogP contribution in [0, 0.1) is 0 Å². The summed E-state index contributed by atoms with van der Waals surface area (Å²) in [6.45, 7) is 5.69. The van der Waals surface area contributed by atoms with Gasteiger partial charge in [0.2, 0.25) is 0 Å². The summed E-state index contributed by atoms with van der Waals surface area (Å²) in [5.74, 6) is 1.44. The van der Waals surface area contributed by atoms with Gasteiger partial charge in [-0.15, -0.1) is 12.4 Å². The summed E-state index contributed by atoms with van der Waals surface area (Å²) in [5, 5.41) is 3.28. The molecule has 1 aromatic carbocycles. The molecule has 1 fully saturated rings. The predicted octanol–water partition coefficient (Wildman–Crippen LogP) is 2.93. The lowest BCUT2D eigenvalue weighted by Gasteiger charge is -2.14. The number of hydrogen-bond donors (Lipinski definition) is 1. The van der Waals surface area contributed by atoms with E-state index in [2.05, 4.69) is 24.4 Å². The van der Waals surface area contributed by atoms with Gasteiger partial charge in [-0.2, -0.15) is 0 Å². The molecule has 2 atom stereocenters. The molecule has 0 saturated carbocycles. The van der Waals surface area contributed by atoms with Gasteiger partial charge in [-0.3, -0.25) is 0 Å². The Morgan fingerprint density at radius 3 is 2.63 bits per heavy atom. The molecule has 3 nitrogen and oxygen atoms in total. The molecule has 19 heavy (non-hydrogen) atoms. The molecule has 1 heterocycles. The summed E-state index contributed by atoms with van der Waals surface area (Å²) in [4.78, 5) is 11.1. The van der Waals surface area contributed by atoms with Crippen LogP contribution in [0.3, 0.4) is 0 Å². The van der Waals surface area contributed by atoms with Crippen molar-refractivity contribution in [1.82, 2.24) is 5.32 Å². The second kappa shape index (κ2) is 7.51. The first-order chi connectivity index (χ1) is 8.65. The van der Waals surface area contributed by atoms with Crippen LogP contribution < -0.4 is 10.1 Å². The van der Waals surface area contributed by atoms with Crippen LogP contribution in [0.25, 0.3) is 0 Å². The van der Waals surface area contributed by atoms with Gasteiger partial charge in [0.15, 0.2) is 0 Å². The van der Waals surface area contributed by atoms with Gasteiger partial charge < -0.3 is 14.8 Å². The van der Waals surface area contributed by atoms with Crippen molar-refractivity contribution < 1.29 is 9.53 Å². The van der Waals surface area contributed by atoms with E-state index in [9.17, 15) is 4.79 Å². The van der Waals surface area contributed by atoms with Crippen molar-refractivity contribution in [2.45, 2.75) is 38.7 Å². The molecule has 0 radical (unpaired) electrons. The molecule has 1 N–H and O–H groups in total. The Labute approximate surface area is 121 Å². The van der Waals surface area contributed by atoms with E-state index in [4.69, 9.17) is 4.74 Å². The zero-order chi connectivity index (χ0) is 13.0. The van der Waals surface area contributed by atoms with Crippen LogP contribution in [0.1, 0.15) is 38.2 Å². The van der Waals surface area contributed by atoms with Crippen molar-refractivity contribution in [3.8, 4) is 5.75 Å². The topological polar surface area (TPSA) is 38.3 Å². The second-order valence-electron chi connectivity index (χ2n) is 5.11. The van der Waals surface area contributed by atoms with Gasteiger partial charge in [0, 0.05) is 13.0 Å². The minimum atomic E-state index is 0. The fourth-order valence-electron chi connectivity index (χ4n) is 2.35. The summed E-state index contributed by atoms with van der Waals surface area (Å²) in [7, 11) is 0. The van der Waals surface area contributed by atoms with Gasteiger partial charge in [-0.05, 0) is 43.5 Å². The molecule has 0 aromatic heterocycles. The van der Waals surface area contributed by atoms with Gasteiger partial charge in [-0.25, -0.2) is 0 Å². The van der Waals surface area contributed by atoms with E-state index in [0.717, 1.165) is 25.3 Å². The molecule has 0 bridgehead atoms. The molecule has 106 valence electrons. The van der Waals surface area contributed by atoms with Crippen molar-refractivity contribution in [2.24, 2.45) is 0 Å². The van der Waals surface area contributed by atoms with Crippen molar-refractivity contribution in [3.05, 3.63) is 29.8 Å². The molecule has 1 aromatic rings. The molecular formula is C15H22ClNO2. The highest BCUT2D eigenvalue weighted by Crippen LogP contribution is 2.23. The molecular weight excluding hydrogens is 262 g/mol. The first-order valence-corrected chi connectivity index (χ1v) is 6.62. The Balaban J connectivity index is 0.00000180. The first kappa shape index (κ1) is 16.0. The van der Waals surface area contributed by atoms with Crippen LogP contribution in [0.4, 0.5) is 0 Å². The number of nitrogens with one attached hydrogen (secondary N) is 1. The Bertz CT molecular complexity index is 399. The summed E-state index contributed by atoms with van der Waals surface area (Å²) >= 11 is 0. The highest BCUT2D eigenvalue weighted by atomic mass is 35.5. The maximum Gasteiger partial charge on any atom is 0.130 e. The third kappa shape index (κ3) is 4.84. The number of carbonyl (C=O) groups is 1. The normalized spacial score (nSPS) is 19.6. The smallest absolute Gasteiger partial charge is 0.130 e. The van der Waals surface area contributed by atoms with Crippen LogP contribution >= 0.6 is 12.4 Å². The van der Waals surface area contributed by atoms with Gasteiger partial charge in [0.1, 0.15) is 17.6 Å². The van der Waals surface area contributed by atoms with E-state index < -0.39 is 0 Å². The SMILES string of the molecule is CC(=O)CC(C)c1ccc(OC2CCNC2)cc1.Cl. The van der Waals surface area contributed by atoms with Crippen molar-refractivity contribution in [3.63, 3.8) is 0 Å². The summed E-state index contributed by atoms with van der Waals surface area (Å²) in [6, 6.07) is 8.13. The zero-order valence-corrected chi connectivity index (χ0v) is 12.3. The molecule has 2 rings (SSSR count). The molecule has 0 aliphatic carbocycles. The van der Waals surface area contributed by atoms with Gasteiger partial charge in [-0.1, -0.05) is 19.1 Å². The number of carbonyl (C=O) groups excluding carboxylic acids is 1. The molecule has 0 amide bonds. The number of Topliss-reactive ketones (excluding diaryl/α,β-unsaturated/α-hetero) is 1. The highest BCUT2D eigenvalue weighted by Gasteiger charge is 2.16. The Hall–Kier alpha value is -1.06. The second-order valence-corrected chi connectivity index (χ2v) is 5.11. The third-order valence-electron chi connectivity index (χ3n) is 3.36. The molecule has 1 aliphatic heterocycles. The lowest BCUT2D eigenvalue weighted by molar-refractivity contribution is -0.117. The molecule has 4 heteroatoms. The van der Waals surface area contributed by atoms with E-state index in [0.29, 0.717) is 12.5 Å².